The standard InChI is InChI=1S/C26H35N3O5/c1-7-16-29(24(32)18(3)27-25(33)34-26(4,5)6)22(19-12-14-20(30)15-13-19)23(31)28-21-11-9-8-10-17(21)2/h8-15,18,22,30H,7,16H2,1-6H3,(H,27,33)(H,28,31). The molecule has 2 atom stereocenters. The summed E-state index contributed by atoms with van der Waals surface area (Å²) in [5.74, 6) is -0.771. The number of phenols is 1. The van der Waals surface area contributed by atoms with Crippen LogP contribution in [-0.2, 0) is 14.3 Å². The molecule has 3 amide bonds. The lowest BCUT2D eigenvalue weighted by Gasteiger charge is -2.33. The summed E-state index contributed by atoms with van der Waals surface area (Å²) in [5, 5.41) is 15.2. The van der Waals surface area contributed by atoms with Crippen LogP contribution in [0.3, 0.4) is 0 Å². The third kappa shape index (κ3) is 7.50. The smallest absolute Gasteiger partial charge is 0.408 e. The molecule has 8 nitrogen and oxygen atoms in total. The molecule has 34 heavy (non-hydrogen) atoms. The van der Waals surface area contributed by atoms with Crippen molar-refractivity contribution in [2.24, 2.45) is 0 Å². The molecule has 2 aromatic rings. The Morgan fingerprint density at radius 3 is 2.24 bits per heavy atom. The van der Waals surface area contributed by atoms with Gasteiger partial charge in [-0.25, -0.2) is 4.79 Å². The molecule has 0 fully saturated rings. The molecule has 0 bridgehead atoms. The Hall–Kier alpha value is -3.55. The first-order valence-corrected chi connectivity index (χ1v) is 11.4. The molecule has 0 saturated heterocycles. The molecule has 3 N–H and O–H groups in total. The van der Waals surface area contributed by atoms with E-state index in [9.17, 15) is 19.5 Å². The fourth-order valence-electron chi connectivity index (χ4n) is 3.45. The lowest BCUT2D eigenvalue weighted by atomic mass is 10.0. The summed E-state index contributed by atoms with van der Waals surface area (Å²) in [6.45, 7) is 10.8. The lowest BCUT2D eigenvalue weighted by molar-refractivity contribution is -0.140. The second-order valence-corrected chi connectivity index (χ2v) is 9.20. The zero-order chi connectivity index (χ0) is 25.5. The maximum absolute atomic E-state index is 13.5. The summed E-state index contributed by atoms with van der Waals surface area (Å²) in [5.41, 5.74) is 1.35. The maximum Gasteiger partial charge on any atom is 0.408 e. The monoisotopic (exact) mass is 469 g/mol. The molecule has 0 spiro atoms. The van der Waals surface area contributed by atoms with Gasteiger partial charge in [0, 0.05) is 12.2 Å². The minimum Gasteiger partial charge on any atom is -0.508 e. The molecule has 2 unspecified atom stereocenters. The van der Waals surface area contributed by atoms with Gasteiger partial charge in [-0.1, -0.05) is 37.3 Å². The highest BCUT2D eigenvalue weighted by Crippen LogP contribution is 2.27. The van der Waals surface area contributed by atoms with E-state index in [1.165, 1.54) is 17.0 Å². The molecule has 184 valence electrons. The Labute approximate surface area is 201 Å². The molecular weight excluding hydrogens is 434 g/mol. The Balaban J connectivity index is 2.38. The number of benzene rings is 2. The molecule has 0 saturated carbocycles. The number of hydrogen-bond donors (Lipinski definition) is 3. The van der Waals surface area contributed by atoms with Gasteiger partial charge in [-0.15, -0.1) is 0 Å². The van der Waals surface area contributed by atoms with E-state index in [2.05, 4.69) is 10.6 Å². The first-order valence-electron chi connectivity index (χ1n) is 11.4. The zero-order valence-corrected chi connectivity index (χ0v) is 20.7. The Morgan fingerprint density at radius 2 is 1.68 bits per heavy atom. The predicted octanol–water partition coefficient (Wildman–Crippen LogP) is 4.53. The second kappa shape index (κ2) is 11.5. The van der Waals surface area contributed by atoms with Crippen LogP contribution in [0.4, 0.5) is 10.5 Å². The highest BCUT2D eigenvalue weighted by Gasteiger charge is 2.34. The Morgan fingerprint density at radius 1 is 1.06 bits per heavy atom. The number of rotatable bonds is 8. The van der Waals surface area contributed by atoms with E-state index in [0.717, 1.165) is 5.56 Å². The topological polar surface area (TPSA) is 108 Å². The molecule has 0 aliphatic rings. The predicted molar refractivity (Wildman–Crippen MR) is 131 cm³/mol. The molecule has 0 aliphatic carbocycles. The minimum absolute atomic E-state index is 0.0511. The van der Waals surface area contributed by atoms with Crippen molar-refractivity contribution in [1.29, 1.82) is 0 Å². The van der Waals surface area contributed by atoms with Crippen LogP contribution in [0.1, 0.15) is 58.2 Å². The van der Waals surface area contributed by atoms with Gasteiger partial charge in [0.15, 0.2) is 0 Å². The Bertz CT molecular complexity index is 998. The van der Waals surface area contributed by atoms with Crippen LogP contribution in [0, 0.1) is 6.92 Å². The van der Waals surface area contributed by atoms with Crippen LogP contribution in [0.5, 0.6) is 5.75 Å². The highest BCUT2D eigenvalue weighted by atomic mass is 16.6. The third-order valence-corrected chi connectivity index (χ3v) is 5.02. The van der Waals surface area contributed by atoms with Crippen molar-refractivity contribution in [3.8, 4) is 5.75 Å². The fourth-order valence-corrected chi connectivity index (χ4v) is 3.45. The number of para-hydroxylation sites is 1. The van der Waals surface area contributed by atoms with Crippen LogP contribution >= 0.6 is 0 Å². The molecule has 0 radical (unpaired) electrons. The third-order valence-electron chi connectivity index (χ3n) is 5.02. The van der Waals surface area contributed by atoms with Gasteiger partial charge in [0.1, 0.15) is 23.4 Å². The number of hydrogen-bond acceptors (Lipinski definition) is 5. The van der Waals surface area contributed by atoms with Crippen molar-refractivity contribution < 1.29 is 24.2 Å². The summed E-state index contributed by atoms with van der Waals surface area (Å²) in [7, 11) is 0. The van der Waals surface area contributed by atoms with Crippen LogP contribution in [0.15, 0.2) is 48.5 Å². The van der Waals surface area contributed by atoms with Gasteiger partial charge >= 0.3 is 6.09 Å². The van der Waals surface area contributed by atoms with Crippen molar-refractivity contribution in [3.05, 3.63) is 59.7 Å². The number of amides is 3. The average Bonchev–Trinajstić information content (AvgIpc) is 2.74. The van der Waals surface area contributed by atoms with Crippen molar-refractivity contribution in [3.63, 3.8) is 0 Å². The number of alkyl carbamates (subject to hydrolysis) is 1. The molecule has 0 heterocycles. The minimum atomic E-state index is -0.976. The molecule has 8 heteroatoms. The van der Waals surface area contributed by atoms with Crippen LogP contribution in [-0.4, -0.2) is 46.1 Å². The van der Waals surface area contributed by atoms with Gasteiger partial charge < -0.3 is 25.4 Å². The van der Waals surface area contributed by atoms with E-state index >= 15 is 0 Å². The van der Waals surface area contributed by atoms with Crippen LogP contribution in [0.25, 0.3) is 0 Å². The van der Waals surface area contributed by atoms with Gasteiger partial charge in [0.05, 0.1) is 0 Å². The maximum atomic E-state index is 13.5. The summed E-state index contributed by atoms with van der Waals surface area (Å²) < 4.78 is 5.27. The number of nitrogens with one attached hydrogen (secondary N) is 2. The van der Waals surface area contributed by atoms with Gasteiger partial charge in [0.25, 0.3) is 5.91 Å². The fraction of sp³-hybridized carbons (Fsp3) is 0.423. The molecule has 0 aliphatic heterocycles. The second-order valence-electron chi connectivity index (χ2n) is 9.20. The van der Waals surface area contributed by atoms with Gasteiger partial charge in [0.2, 0.25) is 5.91 Å². The number of ether oxygens (including phenoxy) is 1. The van der Waals surface area contributed by atoms with E-state index in [4.69, 9.17) is 4.74 Å². The van der Waals surface area contributed by atoms with Crippen molar-refractivity contribution in [2.75, 3.05) is 11.9 Å². The quantitative estimate of drug-likeness (QED) is 0.526. The van der Waals surface area contributed by atoms with E-state index in [1.807, 2.05) is 32.0 Å². The van der Waals surface area contributed by atoms with Crippen molar-refractivity contribution >= 4 is 23.6 Å². The van der Waals surface area contributed by atoms with E-state index in [0.29, 0.717) is 17.7 Å². The number of anilines is 1. The molecular formula is C26H35N3O5. The Kier molecular flexibility index (Phi) is 9.06. The normalized spacial score (nSPS) is 12.9. The number of aryl methyl sites for hydroxylation is 1. The first-order chi connectivity index (χ1) is 15.9. The highest BCUT2D eigenvalue weighted by molar-refractivity contribution is 5.99. The number of aromatic hydroxyl groups is 1. The lowest BCUT2D eigenvalue weighted by Crippen LogP contribution is -2.51. The summed E-state index contributed by atoms with van der Waals surface area (Å²) in [6, 6.07) is 11.6. The number of carbonyl (C=O) groups is 3. The summed E-state index contributed by atoms with van der Waals surface area (Å²) in [4.78, 5) is 40.7. The number of phenolic OH excluding ortho intramolecular Hbond substituents is 1. The van der Waals surface area contributed by atoms with E-state index < -0.39 is 35.6 Å². The summed E-state index contributed by atoms with van der Waals surface area (Å²) in [6.07, 6.45) is -0.118. The van der Waals surface area contributed by atoms with Gasteiger partial charge in [-0.05, 0) is 70.4 Å². The van der Waals surface area contributed by atoms with Crippen LogP contribution in [0.2, 0.25) is 0 Å². The van der Waals surface area contributed by atoms with Crippen molar-refractivity contribution in [2.45, 2.75) is 65.6 Å². The number of carbonyl (C=O) groups excluding carboxylic acids is 3. The first kappa shape index (κ1) is 26.7. The number of nitrogens with zero attached hydrogens (tertiary/aromatic N) is 1. The summed E-state index contributed by atoms with van der Waals surface area (Å²) >= 11 is 0. The van der Waals surface area contributed by atoms with E-state index in [1.54, 1.807) is 45.9 Å². The van der Waals surface area contributed by atoms with Crippen LogP contribution < -0.4 is 10.6 Å². The van der Waals surface area contributed by atoms with Gasteiger partial charge in [-0.3, -0.25) is 9.59 Å². The SMILES string of the molecule is CCCN(C(=O)C(C)NC(=O)OC(C)(C)C)C(C(=O)Nc1ccccc1C)c1ccc(O)cc1. The van der Waals surface area contributed by atoms with E-state index in [-0.39, 0.29) is 12.3 Å². The van der Waals surface area contributed by atoms with Gasteiger partial charge in [-0.2, -0.15) is 0 Å². The molecule has 2 aromatic carbocycles. The molecule has 0 aromatic heterocycles. The average molecular weight is 470 g/mol. The molecule has 2 rings (SSSR count). The van der Waals surface area contributed by atoms with Crippen molar-refractivity contribution in [1.82, 2.24) is 10.2 Å². The zero-order valence-electron chi connectivity index (χ0n) is 20.7. The largest absolute Gasteiger partial charge is 0.508 e.